The Morgan fingerprint density at radius 3 is 2.55 bits per heavy atom. The molecule has 1 N–H and O–H groups in total. The molecule has 1 aromatic heterocycles. The van der Waals surface area contributed by atoms with Crippen LogP contribution in [0.3, 0.4) is 0 Å². The van der Waals surface area contributed by atoms with Crippen molar-refractivity contribution in [2.45, 2.75) is 37.7 Å². The van der Waals surface area contributed by atoms with Crippen molar-refractivity contribution in [1.29, 1.82) is 0 Å². The quantitative estimate of drug-likeness (QED) is 0.273. The molecule has 0 radical (unpaired) electrons. The molecular formula is C29H27Cl2NO. The summed E-state index contributed by atoms with van der Waals surface area (Å²) < 4.78 is 0. The van der Waals surface area contributed by atoms with Gasteiger partial charge in [0.1, 0.15) is 0 Å². The number of benzene rings is 3. The summed E-state index contributed by atoms with van der Waals surface area (Å²) in [5.74, 6) is 0. The molecule has 4 heteroatoms. The Morgan fingerprint density at radius 1 is 0.939 bits per heavy atom. The fraction of sp³-hybridized carbons (Fsp3) is 0.207. The highest BCUT2D eigenvalue weighted by molar-refractivity contribution is 6.31. The maximum Gasteiger partial charge on any atom is 0.0843 e. The second-order valence-electron chi connectivity index (χ2n) is 8.80. The zero-order chi connectivity index (χ0) is 23.4. The normalized spacial score (nSPS) is 13.0. The minimum atomic E-state index is -0.870. The Labute approximate surface area is 205 Å². The number of alkyl halides is 1. The van der Waals surface area contributed by atoms with Crippen molar-refractivity contribution in [3.05, 3.63) is 112 Å². The van der Waals surface area contributed by atoms with Crippen molar-refractivity contribution in [2.75, 3.05) is 0 Å². The first-order valence-electron chi connectivity index (χ1n) is 11.1. The molecule has 0 saturated carbocycles. The SMILES string of the molecule is CC(C)(O)c1ccccc1CC[C@@H](Cl)c1cccc(/C=C/c2ccc3ccc(Cl)cc3n2)c1. The molecule has 0 aliphatic rings. The lowest BCUT2D eigenvalue weighted by Gasteiger charge is -2.22. The van der Waals surface area contributed by atoms with Crippen molar-refractivity contribution >= 4 is 46.3 Å². The van der Waals surface area contributed by atoms with Gasteiger partial charge in [-0.3, -0.25) is 0 Å². The van der Waals surface area contributed by atoms with Crippen LogP contribution in [-0.4, -0.2) is 10.1 Å². The Kier molecular flexibility index (Phi) is 7.19. The molecule has 4 aromatic rings. The maximum atomic E-state index is 10.5. The number of rotatable bonds is 7. The van der Waals surface area contributed by atoms with Crippen LogP contribution in [0.2, 0.25) is 5.02 Å². The van der Waals surface area contributed by atoms with Crippen LogP contribution in [0.1, 0.15) is 53.6 Å². The molecule has 0 unspecified atom stereocenters. The van der Waals surface area contributed by atoms with Gasteiger partial charge in [0.15, 0.2) is 0 Å². The summed E-state index contributed by atoms with van der Waals surface area (Å²) >= 11 is 12.9. The van der Waals surface area contributed by atoms with Crippen LogP contribution in [0, 0.1) is 0 Å². The van der Waals surface area contributed by atoms with Crippen LogP contribution in [-0.2, 0) is 12.0 Å². The van der Waals surface area contributed by atoms with E-state index in [4.69, 9.17) is 23.2 Å². The number of pyridine rings is 1. The third kappa shape index (κ3) is 6.03. The second-order valence-corrected chi connectivity index (χ2v) is 9.76. The van der Waals surface area contributed by atoms with Crippen molar-refractivity contribution in [2.24, 2.45) is 0 Å². The molecule has 4 rings (SSSR count). The van der Waals surface area contributed by atoms with E-state index in [9.17, 15) is 5.11 Å². The van der Waals surface area contributed by atoms with Gasteiger partial charge in [-0.25, -0.2) is 4.98 Å². The van der Waals surface area contributed by atoms with Crippen LogP contribution < -0.4 is 0 Å². The van der Waals surface area contributed by atoms with Crippen LogP contribution in [0.5, 0.6) is 0 Å². The molecule has 33 heavy (non-hydrogen) atoms. The van der Waals surface area contributed by atoms with Crippen molar-refractivity contribution in [3.63, 3.8) is 0 Å². The van der Waals surface area contributed by atoms with Crippen LogP contribution in [0.25, 0.3) is 23.1 Å². The topological polar surface area (TPSA) is 33.1 Å². The Morgan fingerprint density at radius 2 is 1.73 bits per heavy atom. The van der Waals surface area contributed by atoms with E-state index >= 15 is 0 Å². The van der Waals surface area contributed by atoms with E-state index in [1.54, 1.807) is 0 Å². The first-order valence-corrected chi connectivity index (χ1v) is 11.9. The Bertz CT molecular complexity index is 1290. The first kappa shape index (κ1) is 23.5. The van der Waals surface area contributed by atoms with Crippen molar-refractivity contribution in [1.82, 2.24) is 4.98 Å². The molecule has 0 aliphatic heterocycles. The number of aliphatic hydroxyl groups is 1. The number of aryl methyl sites for hydroxylation is 1. The highest BCUT2D eigenvalue weighted by atomic mass is 35.5. The standard InChI is InChI=1S/C29H27Cl2NO/c1-29(2,33)26-9-4-3-7-21(26)13-17-27(31)23-8-5-6-20(18-23)10-15-25-16-12-22-11-14-24(30)19-28(22)32-25/h3-12,14-16,18-19,27,33H,13,17H2,1-2H3/b15-10+/t27-/m1/s1. The average Bonchev–Trinajstić information content (AvgIpc) is 2.80. The highest BCUT2D eigenvalue weighted by Crippen LogP contribution is 2.30. The van der Waals surface area contributed by atoms with Gasteiger partial charge in [0.05, 0.1) is 22.2 Å². The van der Waals surface area contributed by atoms with E-state index in [1.807, 2.05) is 68.5 Å². The molecule has 0 fully saturated rings. The maximum absolute atomic E-state index is 10.5. The van der Waals surface area contributed by atoms with Gasteiger partial charge in [-0.05, 0) is 73.2 Å². The van der Waals surface area contributed by atoms with Gasteiger partial charge in [0.2, 0.25) is 0 Å². The van der Waals surface area contributed by atoms with Gasteiger partial charge >= 0.3 is 0 Å². The predicted molar refractivity (Wildman–Crippen MR) is 141 cm³/mol. The largest absolute Gasteiger partial charge is 0.386 e. The van der Waals surface area contributed by atoms with Gasteiger partial charge in [-0.15, -0.1) is 11.6 Å². The molecule has 0 amide bonds. The lowest BCUT2D eigenvalue weighted by molar-refractivity contribution is 0.0776. The fourth-order valence-electron chi connectivity index (χ4n) is 4.02. The average molecular weight is 476 g/mol. The molecular weight excluding hydrogens is 449 g/mol. The summed E-state index contributed by atoms with van der Waals surface area (Å²) in [6.45, 7) is 3.64. The Balaban J connectivity index is 1.47. The zero-order valence-electron chi connectivity index (χ0n) is 18.8. The number of aromatic nitrogens is 1. The van der Waals surface area contributed by atoms with E-state index < -0.39 is 5.60 Å². The minimum absolute atomic E-state index is 0.117. The Hall–Kier alpha value is -2.65. The summed E-state index contributed by atoms with van der Waals surface area (Å²) in [6, 6.07) is 26.1. The van der Waals surface area contributed by atoms with E-state index in [1.165, 1.54) is 0 Å². The molecule has 2 nitrogen and oxygen atoms in total. The lowest BCUT2D eigenvalue weighted by Crippen LogP contribution is -2.18. The number of hydrogen-bond donors (Lipinski definition) is 1. The van der Waals surface area contributed by atoms with Gasteiger partial charge < -0.3 is 5.11 Å². The summed E-state index contributed by atoms with van der Waals surface area (Å²) in [7, 11) is 0. The third-order valence-corrected chi connectivity index (χ3v) is 6.44. The molecule has 1 heterocycles. The van der Waals surface area contributed by atoms with Crippen molar-refractivity contribution in [3.8, 4) is 0 Å². The number of halogens is 2. The summed E-state index contributed by atoms with van der Waals surface area (Å²) in [6.07, 6.45) is 5.64. The molecule has 0 bridgehead atoms. The monoisotopic (exact) mass is 475 g/mol. The lowest BCUT2D eigenvalue weighted by atomic mass is 9.90. The molecule has 1 atom stereocenters. The minimum Gasteiger partial charge on any atom is -0.386 e. The van der Waals surface area contributed by atoms with Gasteiger partial charge in [0, 0.05) is 10.4 Å². The van der Waals surface area contributed by atoms with E-state index in [-0.39, 0.29) is 5.38 Å². The number of nitrogens with zero attached hydrogens (tertiary/aromatic N) is 1. The van der Waals surface area contributed by atoms with Crippen LogP contribution in [0.4, 0.5) is 0 Å². The summed E-state index contributed by atoms with van der Waals surface area (Å²) in [5, 5.41) is 12.1. The first-order chi connectivity index (χ1) is 15.8. The molecule has 3 aromatic carbocycles. The van der Waals surface area contributed by atoms with E-state index in [2.05, 4.69) is 41.4 Å². The van der Waals surface area contributed by atoms with Gasteiger partial charge in [-0.1, -0.05) is 78.3 Å². The smallest absolute Gasteiger partial charge is 0.0843 e. The van der Waals surface area contributed by atoms with E-state index in [0.29, 0.717) is 5.02 Å². The van der Waals surface area contributed by atoms with E-state index in [0.717, 1.165) is 51.7 Å². The zero-order valence-corrected chi connectivity index (χ0v) is 20.3. The number of hydrogen-bond acceptors (Lipinski definition) is 2. The third-order valence-electron chi connectivity index (χ3n) is 5.74. The molecule has 0 aliphatic carbocycles. The summed E-state index contributed by atoms with van der Waals surface area (Å²) in [5.41, 5.74) is 5.13. The number of fused-ring (bicyclic) bond motifs is 1. The van der Waals surface area contributed by atoms with Crippen LogP contribution in [0.15, 0.2) is 78.9 Å². The molecule has 0 spiro atoms. The van der Waals surface area contributed by atoms with Gasteiger partial charge in [-0.2, -0.15) is 0 Å². The highest BCUT2D eigenvalue weighted by Gasteiger charge is 2.20. The second kappa shape index (κ2) is 10.1. The summed E-state index contributed by atoms with van der Waals surface area (Å²) in [4.78, 5) is 4.68. The fourth-order valence-corrected chi connectivity index (χ4v) is 4.43. The predicted octanol–water partition coefficient (Wildman–Crippen LogP) is 8.20. The van der Waals surface area contributed by atoms with Gasteiger partial charge in [0.25, 0.3) is 0 Å². The van der Waals surface area contributed by atoms with Crippen LogP contribution >= 0.6 is 23.2 Å². The van der Waals surface area contributed by atoms with Crippen molar-refractivity contribution < 1.29 is 5.11 Å². The molecule has 0 saturated heterocycles. The molecule has 168 valence electrons.